The van der Waals surface area contributed by atoms with Gasteiger partial charge in [0.1, 0.15) is 0 Å². The van der Waals surface area contributed by atoms with Gasteiger partial charge in [0.15, 0.2) is 0 Å². The Morgan fingerprint density at radius 3 is 2.16 bits per heavy atom. The Morgan fingerprint density at radius 1 is 1.16 bits per heavy atom. The number of hydrogen-bond donors (Lipinski definition) is 2. The highest BCUT2D eigenvalue weighted by atomic mass is 32.2. The molecule has 2 N–H and O–H groups in total. The summed E-state index contributed by atoms with van der Waals surface area (Å²) in [5, 5.41) is 0. The van der Waals surface area contributed by atoms with Crippen LogP contribution in [-0.2, 0) is 16.6 Å². The van der Waals surface area contributed by atoms with Crippen molar-refractivity contribution in [3.05, 3.63) is 35.4 Å². The summed E-state index contributed by atoms with van der Waals surface area (Å²) in [6.07, 6.45) is 0.645. The van der Waals surface area contributed by atoms with Crippen LogP contribution in [0.25, 0.3) is 0 Å². The number of nitrogens with one attached hydrogen (secondary N) is 2. The van der Waals surface area contributed by atoms with E-state index in [1.54, 1.807) is 13.8 Å². The lowest BCUT2D eigenvalue weighted by atomic mass is 9.96. The third-order valence-corrected chi connectivity index (χ3v) is 4.17. The standard InChI is InChI=1S/C14H24N2O2S/c1-11(2)15-19(17,18)16-14(4,5)10-13-8-6-12(3)7-9-13/h6-9,11,15-16H,10H2,1-5H3. The van der Waals surface area contributed by atoms with Crippen LogP contribution in [0.4, 0.5) is 0 Å². The fourth-order valence-electron chi connectivity index (χ4n) is 1.96. The highest BCUT2D eigenvalue weighted by Gasteiger charge is 2.25. The fraction of sp³-hybridized carbons (Fsp3) is 0.571. The molecule has 1 aromatic carbocycles. The van der Waals surface area contributed by atoms with Gasteiger partial charge >= 0.3 is 0 Å². The quantitative estimate of drug-likeness (QED) is 0.841. The van der Waals surface area contributed by atoms with E-state index in [0.29, 0.717) is 6.42 Å². The molecule has 0 bridgehead atoms. The Bertz CT molecular complexity index is 505. The van der Waals surface area contributed by atoms with E-state index in [-0.39, 0.29) is 6.04 Å². The van der Waals surface area contributed by atoms with Gasteiger partial charge in [0.05, 0.1) is 0 Å². The Hall–Kier alpha value is -0.910. The molecular formula is C14H24N2O2S. The molecular weight excluding hydrogens is 260 g/mol. The summed E-state index contributed by atoms with van der Waals surface area (Å²) in [7, 11) is -3.47. The molecule has 0 atom stereocenters. The third kappa shape index (κ3) is 6.18. The normalized spacial score (nSPS) is 12.9. The topological polar surface area (TPSA) is 58.2 Å². The lowest BCUT2D eigenvalue weighted by molar-refractivity contribution is 0.443. The average Bonchev–Trinajstić information content (AvgIpc) is 2.17. The van der Waals surface area contributed by atoms with Crippen LogP contribution in [0, 0.1) is 6.92 Å². The molecule has 0 spiro atoms. The molecule has 5 heteroatoms. The summed E-state index contributed by atoms with van der Waals surface area (Å²) < 4.78 is 29.0. The maximum absolute atomic E-state index is 11.9. The van der Waals surface area contributed by atoms with Gasteiger partial charge in [0.25, 0.3) is 10.2 Å². The molecule has 0 heterocycles. The van der Waals surface area contributed by atoms with Crippen molar-refractivity contribution in [3.8, 4) is 0 Å². The second kappa shape index (κ2) is 6.03. The predicted molar refractivity (Wildman–Crippen MR) is 79.3 cm³/mol. The number of aryl methyl sites for hydroxylation is 1. The van der Waals surface area contributed by atoms with Gasteiger partial charge < -0.3 is 0 Å². The first kappa shape index (κ1) is 16.1. The minimum absolute atomic E-state index is 0.118. The molecule has 1 aromatic rings. The van der Waals surface area contributed by atoms with Crippen molar-refractivity contribution < 1.29 is 8.42 Å². The van der Waals surface area contributed by atoms with Crippen molar-refractivity contribution in [1.82, 2.24) is 9.44 Å². The Labute approximate surface area is 116 Å². The van der Waals surface area contributed by atoms with E-state index < -0.39 is 15.7 Å². The molecule has 0 radical (unpaired) electrons. The number of hydrogen-bond acceptors (Lipinski definition) is 2. The summed E-state index contributed by atoms with van der Waals surface area (Å²) >= 11 is 0. The molecule has 0 amide bonds. The zero-order valence-electron chi connectivity index (χ0n) is 12.3. The van der Waals surface area contributed by atoms with Gasteiger partial charge in [0.2, 0.25) is 0 Å². The summed E-state index contributed by atoms with van der Waals surface area (Å²) in [4.78, 5) is 0. The zero-order valence-corrected chi connectivity index (χ0v) is 13.1. The molecule has 108 valence electrons. The third-order valence-electron chi connectivity index (χ3n) is 2.57. The van der Waals surface area contributed by atoms with Gasteiger partial charge in [-0.2, -0.15) is 17.9 Å². The highest BCUT2D eigenvalue weighted by molar-refractivity contribution is 7.87. The summed E-state index contributed by atoms with van der Waals surface area (Å²) in [6.45, 7) is 9.39. The zero-order chi connectivity index (χ0) is 14.7. The Balaban J connectivity index is 2.73. The summed E-state index contributed by atoms with van der Waals surface area (Å²) in [5.74, 6) is 0. The second-order valence-electron chi connectivity index (χ2n) is 5.92. The number of rotatable bonds is 6. The van der Waals surface area contributed by atoms with Crippen molar-refractivity contribution >= 4 is 10.2 Å². The van der Waals surface area contributed by atoms with E-state index in [9.17, 15) is 8.42 Å². The first-order valence-corrected chi connectivity index (χ1v) is 7.95. The van der Waals surface area contributed by atoms with Gasteiger partial charge in [-0.05, 0) is 46.6 Å². The van der Waals surface area contributed by atoms with Gasteiger partial charge in [-0.3, -0.25) is 0 Å². The van der Waals surface area contributed by atoms with Crippen molar-refractivity contribution in [3.63, 3.8) is 0 Å². The SMILES string of the molecule is Cc1ccc(CC(C)(C)NS(=O)(=O)NC(C)C)cc1. The van der Waals surface area contributed by atoms with Crippen LogP contribution in [0.5, 0.6) is 0 Å². The Kier molecular flexibility index (Phi) is 5.12. The van der Waals surface area contributed by atoms with E-state index in [1.807, 2.05) is 45.0 Å². The Morgan fingerprint density at radius 2 is 1.68 bits per heavy atom. The van der Waals surface area contributed by atoms with Crippen LogP contribution in [0.1, 0.15) is 38.8 Å². The maximum Gasteiger partial charge on any atom is 0.277 e. The van der Waals surface area contributed by atoms with Gasteiger partial charge in [0, 0.05) is 11.6 Å². The van der Waals surface area contributed by atoms with Crippen LogP contribution < -0.4 is 9.44 Å². The van der Waals surface area contributed by atoms with Crippen molar-refractivity contribution in [2.24, 2.45) is 0 Å². The van der Waals surface area contributed by atoms with Crippen molar-refractivity contribution in [2.45, 2.75) is 52.6 Å². The van der Waals surface area contributed by atoms with E-state index in [0.717, 1.165) is 5.56 Å². The smallest absolute Gasteiger partial charge is 0.200 e. The number of benzene rings is 1. The highest BCUT2D eigenvalue weighted by Crippen LogP contribution is 2.14. The van der Waals surface area contributed by atoms with Crippen LogP contribution in [0.3, 0.4) is 0 Å². The molecule has 0 unspecified atom stereocenters. The van der Waals surface area contributed by atoms with Crippen LogP contribution in [0.2, 0.25) is 0 Å². The molecule has 0 fully saturated rings. The van der Waals surface area contributed by atoms with E-state index in [4.69, 9.17) is 0 Å². The molecule has 4 nitrogen and oxygen atoms in total. The van der Waals surface area contributed by atoms with Gasteiger partial charge in [-0.1, -0.05) is 29.8 Å². The maximum atomic E-state index is 11.9. The van der Waals surface area contributed by atoms with E-state index in [1.165, 1.54) is 5.56 Å². The minimum Gasteiger partial charge on any atom is -0.200 e. The first-order valence-electron chi connectivity index (χ1n) is 6.46. The largest absolute Gasteiger partial charge is 0.277 e. The van der Waals surface area contributed by atoms with E-state index in [2.05, 4.69) is 9.44 Å². The van der Waals surface area contributed by atoms with Crippen molar-refractivity contribution in [2.75, 3.05) is 0 Å². The van der Waals surface area contributed by atoms with E-state index >= 15 is 0 Å². The lowest BCUT2D eigenvalue weighted by Crippen LogP contribution is -2.51. The lowest BCUT2D eigenvalue weighted by Gasteiger charge is -2.27. The first-order chi connectivity index (χ1) is 8.60. The van der Waals surface area contributed by atoms with Crippen LogP contribution >= 0.6 is 0 Å². The molecule has 0 saturated carbocycles. The molecule has 0 aliphatic rings. The predicted octanol–water partition coefficient (Wildman–Crippen LogP) is 2.15. The summed E-state index contributed by atoms with van der Waals surface area (Å²) in [5.41, 5.74) is 1.78. The molecule has 0 saturated heterocycles. The molecule has 0 aliphatic heterocycles. The fourth-order valence-corrected chi connectivity index (χ4v) is 3.44. The molecule has 19 heavy (non-hydrogen) atoms. The summed E-state index contributed by atoms with van der Waals surface area (Å²) in [6, 6.07) is 8.01. The van der Waals surface area contributed by atoms with Crippen molar-refractivity contribution in [1.29, 1.82) is 0 Å². The van der Waals surface area contributed by atoms with Crippen LogP contribution in [-0.4, -0.2) is 20.0 Å². The second-order valence-corrected chi connectivity index (χ2v) is 7.37. The van der Waals surface area contributed by atoms with Gasteiger partial charge in [-0.15, -0.1) is 0 Å². The van der Waals surface area contributed by atoms with Crippen LogP contribution in [0.15, 0.2) is 24.3 Å². The minimum atomic E-state index is -3.47. The molecule has 0 aromatic heterocycles. The monoisotopic (exact) mass is 284 g/mol. The molecule has 1 rings (SSSR count). The molecule has 0 aliphatic carbocycles. The average molecular weight is 284 g/mol. The van der Waals surface area contributed by atoms with Gasteiger partial charge in [-0.25, -0.2) is 0 Å².